The van der Waals surface area contributed by atoms with Crippen LogP contribution in [0.3, 0.4) is 0 Å². The third kappa shape index (κ3) is 2.24. The zero-order chi connectivity index (χ0) is 10.7. The average Bonchev–Trinajstić information content (AvgIpc) is 2.62. The predicted molar refractivity (Wildman–Crippen MR) is 62.3 cm³/mol. The van der Waals surface area contributed by atoms with Crippen molar-refractivity contribution in [2.75, 3.05) is 6.54 Å². The fraction of sp³-hybridized carbons (Fsp3) is 0.200. The second-order valence-corrected chi connectivity index (χ2v) is 3.89. The Labute approximate surface area is 96.1 Å². The summed E-state index contributed by atoms with van der Waals surface area (Å²) >= 11 is 3.32. The van der Waals surface area contributed by atoms with Crippen LogP contribution < -0.4 is 5.73 Å². The van der Waals surface area contributed by atoms with Crippen molar-refractivity contribution in [1.29, 1.82) is 0 Å². The molecule has 0 radical (unpaired) electrons. The fourth-order valence-electron chi connectivity index (χ4n) is 1.44. The van der Waals surface area contributed by atoms with E-state index in [1.165, 1.54) is 0 Å². The van der Waals surface area contributed by atoms with Gasteiger partial charge in [-0.2, -0.15) is 0 Å². The van der Waals surface area contributed by atoms with Crippen LogP contribution in [0.2, 0.25) is 0 Å². The quantitative estimate of drug-likeness (QED) is 0.890. The van der Waals surface area contributed by atoms with Gasteiger partial charge in [0.15, 0.2) is 4.73 Å². The third-order valence-electron chi connectivity index (χ3n) is 2.08. The highest BCUT2D eigenvalue weighted by Gasteiger charge is 2.09. The number of nitrogens with zero attached hydrogens (tertiary/aromatic N) is 2. The van der Waals surface area contributed by atoms with Crippen molar-refractivity contribution in [2.24, 2.45) is 5.73 Å². The van der Waals surface area contributed by atoms with Crippen molar-refractivity contribution >= 4 is 15.9 Å². The highest BCUT2D eigenvalue weighted by atomic mass is 79.9. The second kappa shape index (κ2) is 4.55. The van der Waals surface area contributed by atoms with E-state index in [9.17, 15) is 0 Å². The van der Waals surface area contributed by atoms with Crippen LogP contribution in [0, 0.1) is 0 Å². The van der Waals surface area contributed by atoms with Crippen molar-refractivity contribution in [1.82, 2.24) is 15.0 Å². The molecule has 0 amide bonds. The van der Waals surface area contributed by atoms with E-state index in [2.05, 4.69) is 30.9 Å². The summed E-state index contributed by atoms with van der Waals surface area (Å²) in [6.07, 6.45) is 4.32. The molecule has 0 aliphatic rings. The molecule has 15 heavy (non-hydrogen) atoms. The molecule has 2 aromatic heterocycles. The first-order valence-electron chi connectivity index (χ1n) is 4.66. The first kappa shape index (κ1) is 10.3. The monoisotopic (exact) mass is 266 g/mol. The summed E-state index contributed by atoms with van der Waals surface area (Å²) in [6.45, 7) is 0.599. The lowest BCUT2D eigenvalue weighted by atomic mass is 10.1. The number of aromatic nitrogens is 3. The minimum absolute atomic E-state index is 0.599. The number of hydrogen-bond donors (Lipinski definition) is 2. The van der Waals surface area contributed by atoms with Gasteiger partial charge in [-0.15, -0.1) is 0 Å². The van der Waals surface area contributed by atoms with Gasteiger partial charge in [-0.3, -0.25) is 4.98 Å². The molecule has 0 aliphatic carbocycles. The minimum atomic E-state index is 0.599. The van der Waals surface area contributed by atoms with Gasteiger partial charge in [-0.05, 0) is 34.6 Å². The fourth-order valence-corrected chi connectivity index (χ4v) is 1.86. The van der Waals surface area contributed by atoms with E-state index in [4.69, 9.17) is 5.73 Å². The van der Waals surface area contributed by atoms with Gasteiger partial charge in [0.2, 0.25) is 0 Å². The number of hydrogen-bond acceptors (Lipinski definition) is 3. The maximum atomic E-state index is 5.54. The standard InChI is InChI=1S/C10H11BrN4/c11-10-14-8(3-4-12)9(15-10)7-2-1-5-13-6-7/h1-2,5-6H,3-4,12H2,(H,14,15). The van der Waals surface area contributed by atoms with Gasteiger partial charge in [-0.1, -0.05) is 0 Å². The van der Waals surface area contributed by atoms with Crippen molar-refractivity contribution in [3.63, 3.8) is 0 Å². The summed E-state index contributed by atoms with van der Waals surface area (Å²) in [5, 5.41) is 0. The van der Waals surface area contributed by atoms with Gasteiger partial charge in [0.1, 0.15) is 0 Å². The number of halogens is 1. The van der Waals surface area contributed by atoms with Crippen molar-refractivity contribution in [3.05, 3.63) is 35.0 Å². The van der Waals surface area contributed by atoms with Crippen LogP contribution in [0.1, 0.15) is 5.69 Å². The third-order valence-corrected chi connectivity index (χ3v) is 2.45. The Morgan fingerprint density at radius 1 is 1.47 bits per heavy atom. The number of pyridine rings is 1. The van der Waals surface area contributed by atoms with Gasteiger partial charge >= 0.3 is 0 Å². The first-order chi connectivity index (χ1) is 7.31. The molecule has 0 atom stereocenters. The van der Waals surface area contributed by atoms with Crippen LogP contribution in [0.25, 0.3) is 11.3 Å². The predicted octanol–water partition coefficient (Wildman–Crippen LogP) is 1.74. The number of nitrogens with two attached hydrogens (primary N) is 1. The molecule has 0 saturated heterocycles. The number of nitrogens with one attached hydrogen (secondary N) is 1. The largest absolute Gasteiger partial charge is 0.336 e. The SMILES string of the molecule is NCCc1[nH]c(Br)nc1-c1cccnc1. The Bertz CT molecular complexity index is 438. The normalized spacial score (nSPS) is 10.5. The molecule has 2 aromatic rings. The summed E-state index contributed by atoms with van der Waals surface area (Å²) < 4.78 is 0.727. The van der Waals surface area contributed by atoms with Gasteiger partial charge in [0.05, 0.1) is 5.69 Å². The zero-order valence-corrected chi connectivity index (χ0v) is 9.66. The molecule has 0 spiro atoms. The smallest absolute Gasteiger partial charge is 0.175 e. The molecule has 3 N–H and O–H groups in total. The molecule has 0 aromatic carbocycles. The van der Waals surface area contributed by atoms with E-state index < -0.39 is 0 Å². The molecule has 0 bridgehead atoms. The van der Waals surface area contributed by atoms with Gasteiger partial charge < -0.3 is 10.7 Å². The van der Waals surface area contributed by atoms with Gasteiger partial charge in [0, 0.05) is 30.1 Å². The summed E-state index contributed by atoms with van der Waals surface area (Å²) in [5.74, 6) is 0. The molecule has 0 aliphatic heterocycles. The number of rotatable bonds is 3. The highest BCUT2D eigenvalue weighted by Crippen LogP contribution is 2.22. The van der Waals surface area contributed by atoms with E-state index in [0.717, 1.165) is 28.1 Å². The number of H-pyrrole nitrogens is 1. The van der Waals surface area contributed by atoms with E-state index >= 15 is 0 Å². The van der Waals surface area contributed by atoms with Crippen LogP contribution in [0.4, 0.5) is 0 Å². The highest BCUT2D eigenvalue weighted by molar-refractivity contribution is 9.10. The Morgan fingerprint density at radius 3 is 3.00 bits per heavy atom. The zero-order valence-electron chi connectivity index (χ0n) is 8.07. The van der Waals surface area contributed by atoms with Crippen LogP contribution in [0.5, 0.6) is 0 Å². The van der Waals surface area contributed by atoms with Crippen LogP contribution in [-0.2, 0) is 6.42 Å². The topological polar surface area (TPSA) is 67.6 Å². The molecule has 2 rings (SSSR count). The van der Waals surface area contributed by atoms with Crippen molar-refractivity contribution in [3.8, 4) is 11.3 Å². The lowest BCUT2D eigenvalue weighted by Crippen LogP contribution is -2.04. The van der Waals surface area contributed by atoms with Gasteiger partial charge in [0.25, 0.3) is 0 Å². The second-order valence-electron chi connectivity index (χ2n) is 3.14. The van der Waals surface area contributed by atoms with Crippen LogP contribution in [-0.4, -0.2) is 21.5 Å². The summed E-state index contributed by atoms with van der Waals surface area (Å²) in [4.78, 5) is 11.6. The molecular formula is C10H11BrN4. The Hall–Kier alpha value is -1.20. The van der Waals surface area contributed by atoms with Gasteiger partial charge in [-0.25, -0.2) is 4.98 Å². The Morgan fingerprint density at radius 2 is 2.33 bits per heavy atom. The molecule has 0 unspecified atom stereocenters. The van der Waals surface area contributed by atoms with E-state index in [1.54, 1.807) is 12.4 Å². The maximum absolute atomic E-state index is 5.54. The van der Waals surface area contributed by atoms with E-state index in [0.29, 0.717) is 6.54 Å². The maximum Gasteiger partial charge on any atom is 0.175 e. The summed E-state index contributed by atoms with van der Waals surface area (Å²) in [5.41, 5.74) is 8.50. The Kier molecular flexibility index (Phi) is 3.13. The molecular weight excluding hydrogens is 256 g/mol. The molecule has 78 valence electrons. The molecule has 5 heteroatoms. The first-order valence-corrected chi connectivity index (χ1v) is 5.45. The molecule has 2 heterocycles. The van der Waals surface area contributed by atoms with E-state index in [-0.39, 0.29) is 0 Å². The van der Waals surface area contributed by atoms with Crippen molar-refractivity contribution in [2.45, 2.75) is 6.42 Å². The van der Waals surface area contributed by atoms with E-state index in [1.807, 2.05) is 12.1 Å². The summed E-state index contributed by atoms with van der Waals surface area (Å²) in [7, 11) is 0. The lowest BCUT2D eigenvalue weighted by Gasteiger charge is -1.99. The lowest BCUT2D eigenvalue weighted by molar-refractivity contribution is 0.933. The molecule has 0 fully saturated rings. The number of aromatic amines is 1. The molecule has 4 nitrogen and oxygen atoms in total. The minimum Gasteiger partial charge on any atom is -0.336 e. The van der Waals surface area contributed by atoms with Crippen LogP contribution in [0.15, 0.2) is 29.3 Å². The van der Waals surface area contributed by atoms with Crippen molar-refractivity contribution < 1.29 is 0 Å². The summed E-state index contributed by atoms with van der Waals surface area (Å²) in [6, 6.07) is 3.87. The van der Waals surface area contributed by atoms with Crippen LogP contribution >= 0.6 is 15.9 Å². The average molecular weight is 267 g/mol. The molecule has 0 saturated carbocycles. The number of imidazole rings is 1. The Balaban J connectivity index is 2.43.